The second kappa shape index (κ2) is 9.31. The van der Waals surface area contributed by atoms with Crippen LogP contribution in [0, 0.1) is 39.9 Å². The van der Waals surface area contributed by atoms with Gasteiger partial charge in [0.25, 0.3) is 0 Å². The van der Waals surface area contributed by atoms with Gasteiger partial charge in [-0.15, -0.1) is 0 Å². The van der Waals surface area contributed by atoms with Gasteiger partial charge in [-0.05, 0) is 104 Å². The van der Waals surface area contributed by atoms with Crippen molar-refractivity contribution in [3.05, 3.63) is 11.1 Å². The van der Waals surface area contributed by atoms with Crippen molar-refractivity contribution in [1.82, 2.24) is 0 Å². The zero-order valence-corrected chi connectivity index (χ0v) is 22.0. The Labute approximate surface area is 190 Å². The van der Waals surface area contributed by atoms with E-state index in [4.69, 9.17) is 0 Å². The van der Waals surface area contributed by atoms with E-state index in [0.29, 0.717) is 16.2 Å². The third-order valence-electron chi connectivity index (χ3n) is 10.5. The molecule has 0 bridgehead atoms. The smallest absolute Gasteiger partial charge is 0.00599 e. The summed E-state index contributed by atoms with van der Waals surface area (Å²) in [6, 6.07) is 0. The lowest BCUT2D eigenvalue weighted by molar-refractivity contribution is -0.0510. The molecule has 0 heteroatoms. The first-order valence-electron chi connectivity index (χ1n) is 13.8. The lowest BCUT2D eigenvalue weighted by Crippen LogP contribution is -2.51. The van der Waals surface area contributed by atoms with Crippen LogP contribution < -0.4 is 0 Å². The first kappa shape index (κ1) is 24.4. The summed E-state index contributed by atoms with van der Waals surface area (Å²) in [5.74, 6) is 3.59. The summed E-state index contributed by atoms with van der Waals surface area (Å²) < 4.78 is 0. The van der Waals surface area contributed by atoms with Crippen LogP contribution in [0.15, 0.2) is 11.1 Å². The van der Waals surface area contributed by atoms with E-state index in [-0.39, 0.29) is 0 Å². The van der Waals surface area contributed by atoms with E-state index in [0.717, 1.165) is 23.7 Å². The molecule has 0 radical (unpaired) electrons. The molecule has 0 heterocycles. The zero-order chi connectivity index (χ0) is 22.2. The van der Waals surface area contributed by atoms with Crippen LogP contribution in [0.3, 0.4) is 0 Å². The average Bonchev–Trinajstić information content (AvgIpc) is 2.62. The maximum atomic E-state index is 2.67. The summed E-state index contributed by atoms with van der Waals surface area (Å²) in [6.07, 6.45) is 18.9. The standard InChI is InChI=1S/C30H54/c1-9-30(10-2,24-17-12-11-13-18-24)26-20-19-25(26)27(23-15-14-16-23)29(8,21-22(3)4)28(5,6)7/h22,24-26H,9-21H2,1-8H3. The lowest BCUT2D eigenvalue weighted by Gasteiger charge is -2.60. The van der Waals surface area contributed by atoms with E-state index in [9.17, 15) is 0 Å². The monoisotopic (exact) mass is 414 g/mol. The van der Waals surface area contributed by atoms with Gasteiger partial charge in [-0.1, -0.05) is 85.8 Å². The highest BCUT2D eigenvalue weighted by Crippen LogP contribution is 2.64. The summed E-state index contributed by atoms with van der Waals surface area (Å²) in [6.45, 7) is 20.3. The number of hydrogen-bond acceptors (Lipinski definition) is 0. The van der Waals surface area contributed by atoms with Gasteiger partial charge in [0.1, 0.15) is 0 Å². The largest absolute Gasteiger partial charge is 0.0701 e. The molecule has 3 fully saturated rings. The Morgan fingerprint density at radius 1 is 0.833 bits per heavy atom. The van der Waals surface area contributed by atoms with Crippen molar-refractivity contribution < 1.29 is 0 Å². The summed E-state index contributed by atoms with van der Waals surface area (Å²) in [5.41, 5.74) is 5.16. The molecule has 3 rings (SSSR count). The number of rotatable bonds is 8. The minimum absolute atomic E-state index is 0.335. The number of hydrogen-bond donors (Lipinski definition) is 0. The van der Waals surface area contributed by atoms with Gasteiger partial charge in [0.05, 0.1) is 0 Å². The zero-order valence-electron chi connectivity index (χ0n) is 22.0. The molecule has 0 aromatic carbocycles. The highest BCUT2D eigenvalue weighted by atomic mass is 14.6. The third-order valence-corrected chi connectivity index (χ3v) is 10.5. The Bertz CT molecular complexity index is 584. The lowest BCUT2D eigenvalue weighted by atomic mass is 9.45. The minimum atomic E-state index is 0.335. The van der Waals surface area contributed by atoms with E-state index in [1.54, 1.807) is 0 Å². The quantitative estimate of drug-likeness (QED) is 0.346. The summed E-state index contributed by atoms with van der Waals surface area (Å²) >= 11 is 0. The van der Waals surface area contributed by atoms with Crippen LogP contribution in [-0.4, -0.2) is 0 Å². The van der Waals surface area contributed by atoms with Crippen LogP contribution in [0.1, 0.15) is 139 Å². The molecule has 0 aromatic rings. The molecule has 174 valence electrons. The highest BCUT2D eigenvalue weighted by molar-refractivity contribution is 5.33. The van der Waals surface area contributed by atoms with Crippen LogP contribution in [0.2, 0.25) is 0 Å². The molecule has 3 aliphatic rings. The van der Waals surface area contributed by atoms with Crippen LogP contribution in [0.4, 0.5) is 0 Å². The van der Waals surface area contributed by atoms with Crippen LogP contribution >= 0.6 is 0 Å². The summed E-state index contributed by atoms with van der Waals surface area (Å²) in [4.78, 5) is 0. The molecule has 0 saturated heterocycles. The third kappa shape index (κ3) is 4.20. The molecule has 0 spiro atoms. The van der Waals surface area contributed by atoms with E-state index < -0.39 is 0 Å². The van der Waals surface area contributed by atoms with Crippen LogP contribution in [0.5, 0.6) is 0 Å². The van der Waals surface area contributed by atoms with Crippen molar-refractivity contribution in [3.8, 4) is 0 Å². The molecule has 0 amide bonds. The van der Waals surface area contributed by atoms with Crippen molar-refractivity contribution in [2.24, 2.45) is 39.9 Å². The van der Waals surface area contributed by atoms with Gasteiger partial charge in [-0.25, -0.2) is 0 Å². The second-order valence-electron chi connectivity index (χ2n) is 13.1. The molecule has 0 aliphatic heterocycles. The molecular formula is C30H54. The molecule has 3 saturated carbocycles. The van der Waals surface area contributed by atoms with Gasteiger partial charge in [0.2, 0.25) is 0 Å². The minimum Gasteiger partial charge on any atom is -0.0701 e. The van der Waals surface area contributed by atoms with Crippen molar-refractivity contribution in [2.75, 3.05) is 0 Å². The molecular weight excluding hydrogens is 360 g/mol. The fourth-order valence-electron chi connectivity index (χ4n) is 8.19. The fourth-order valence-corrected chi connectivity index (χ4v) is 8.19. The van der Waals surface area contributed by atoms with Gasteiger partial charge < -0.3 is 0 Å². The summed E-state index contributed by atoms with van der Waals surface area (Å²) in [7, 11) is 0. The van der Waals surface area contributed by atoms with Crippen molar-refractivity contribution >= 4 is 0 Å². The van der Waals surface area contributed by atoms with E-state index >= 15 is 0 Å². The van der Waals surface area contributed by atoms with E-state index in [1.807, 2.05) is 11.1 Å². The van der Waals surface area contributed by atoms with Gasteiger partial charge in [-0.2, -0.15) is 0 Å². The molecule has 0 nitrogen and oxygen atoms in total. The van der Waals surface area contributed by atoms with Crippen molar-refractivity contribution in [1.29, 1.82) is 0 Å². The maximum Gasteiger partial charge on any atom is -0.00599 e. The topological polar surface area (TPSA) is 0 Å². The van der Waals surface area contributed by atoms with Crippen LogP contribution in [-0.2, 0) is 0 Å². The Morgan fingerprint density at radius 3 is 1.80 bits per heavy atom. The molecule has 3 aliphatic carbocycles. The van der Waals surface area contributed by atoms with Crippen molar-refractivity contribution in [3.63, 3.8) is 0 Å². The first-order chi connectivity index (χ1) is 14.1. The predicted molar refractivity (Wildman–Crippen MR) is 134 cm³/mol. The number of allylic oxidation sites excluding steroid dienone is 2. The fraction of sp³-hybridized carbons (Fsp3) is 0.933. The average molecular weight is 415 g/mol. The molecule has 30 heavy (non-hydrogen) atoms. The molecule has 0 aromatic heterocycles. The highest BCUT2D eigenvalue weighted by Gasteiger charge is 2.55. The molecule has 0 N–H and O–H groups in total. The Hall–Kier alpha value is -0.260. The first-order valence-corrected chi connectivity index (χ1v) is 13.8. The van der Waals surface area contributed by atoms with Crippen LogP contribution in [0.25, 0.3) is 0 Å². The van der Waals surface area contributed by atoms with Gasteiger partial charge in [-0.3, -0.25) is 0 Å². The van der Waals surface area contributed by atoms with Gasteiger partial charge >= 0.3 is 0 Å². The van der Waals surface area contributed by atoms with E-state index in [1.165, 1.54) is 83.5 Å². The Kier molecular flexibility index (Phi) is 7.57. The normalized spacial score (nSPS) is 28.1. The molecule has 3 atom stereocenters. The SMILES string of the molecule is CCC(CC)(C1CCCCC1)C1CCC1C(=C1CCC1)C(C)(CC(C)C)C(C)(C)C. The van der Waals surface area contributed by atoms with Gasteiger partial charge in [0, 0.05) is 0 Å². The Balaban J connectivity index is 2.01. The van der Waals surface area contributed by atoms with Gasteiger partial charge in [0.15, 0.2) is 0 Å². The van der Waals surface area contributed by atoms with E-state index in [2.05, 4.69) is 55.4 Å². The second-order valence-corrected chi connectivity index (χ2v) is 13.1. The summed E-state index contributed by atoms with van der Waals surface area (Å²) in [5, 5.41) is 0. The molecule has 3 unspecified atom stereocenters. The maximum absolute atomic E-state index is 2.67. The van der Waals surface area contributed by atoms with Crippen molar-refractivity contribution in [2.45, 2.75) is 139 Å². The Morgan fingerprint density at radius 2 is 1.43 bits per heavy atom. The predicted octanol–water partition coefficient (Wildman–Crippen LogP) is 9.98.